The monoisotopic (exact) mass is 250 g/mol. The summed E-state index contributed by atoms with van der Waals surface area (Å²) in [6.45, 7) is 3.55. The Balaban J connectivity index is 2.63. The summed E-state index contributed by atoms with van der Waals surface area (Å²) in [6, 6.07) is 6.89. The molecule has 0 aliphatic heterocycles. The van der Waals surface area contributed by atoms with Crippen molar-refractivity contribution in [2.24, 2.45) is 5.73 Å². The summed E-state index contributed by atoms with van der Waals surface area (Å²) in [4.78, 5) is 10.9. The van der Waals surface area contributed by atoms with E-state index in [1.54, 1.807) is 12.1 Å². The van der Waals surface area contributed by atoms with E-state index < -0.39 is 6.10 Å². The van der Waals surface area contributed by atoms with Crippen molar-refractivity contribution in [3.8, 4) is 0 Å². The molecule has 100 valence electrons. The van der Waals surface area contributed by atoms with Gasteiger partial charge in [0.15, 0.2) is 0 Å². The van der Waals surface area contributed by atoms with Gasteiger partial charge >= 0.3 is 0 Å². The van der Waals surface area contributed by atoms with Gasteiger partial charge in [-0.15, -0.1) is 0 Å². The molecule has 1 amide bonds. The predicted molar refractivity (Wildman–Crippen MR) is 73.2 cm³/mol. The molecule has 0 aromatic heterocycles. The highest BCUT2D eigenvalue weighted by Gasteiger charge is 2.15. The third-order valence-electron chi connectivity index (χ3n) is 2.88. The van der Waals surface area contributed by atoms with Gasteiger partial charge in [0.2, 0.25) is 5.91 Å². The first-order chi connectivity index (χ1) is 8.54. The third-order valence-corrected chi connectivity index (χ3v) is 2.88. The molecular formula is C14H22N2O2. The summed E-state index contributed by atoms with van der Waals surface area (Å²) in [5, 5.41) is 12.6. The standard InChI is InChI=1S/C14H22N2O2/c1-3-4-5-13(18)14(15)11-6-8-12(9-7-11)16-10(2)17/h6-9,13-14,18H,3-5,15H2,1-2H3,(H,16,17)/t13-,14+/m0/s1. The van der Waals surface area contributed by atoms with Crippen molar-refractivity contribution < 1.29 is 9.90 Å². The molecule has 1 aromatic carbocycles. The van der Waals surface area contributed by atoms with Crippen LogP contribution in [0.3, 0.4) is 0 Å². The number of rotatable bonds is 6. The number of anilines is 1. The van der Waals surface area contributed by atoms with E-state index in [-0.39, 0.29) is 11.9 Å². The van der Waals surface area contributed by atoms with Gasteiger partial charge in [-0.25, -0.2) is 0 Å². The van der Waals surface area contributed by atoms with E-state index in [0.29, 0.717) is 6.42 Å². The van der Waals surface area contributed by atoms with E-state index in [2.05, 4.69) is 12.2 Å². The van der Waals surface area contributed by atoms with E-state index in [4.69, 9.17) is 5.73 Å². The highest BCUT2D eigenvalue weighted by Crippen LogP contribution is 2.20. The lowest BCUT2D eigenvalue weighted by Crippen LogP contribution is -2.26. The molecular weight excluding hydrogens is 228 g/mol. The molecule has 0 radical (unpaired) electrons. The first-order valence-electron chi connectivity index (χ1n) is 6.35. The number of unbranched alkanes of at least 4 members (excludes halogenated alkanes) is 1. The fraction of sp³-hybridized carbons (Fsp3) is 0.500. The molecule has 0 heterocycles. The molecule has 0 unspecified atom stereocenters. The molecule has 4 nitrogen and oxygen atoms in total. The smallest absolute Gasteiger partial charge is 0.221 e. The number of nitrogens with two attached hydrogens (primary N) is 1. The molecule has 0 fully saturated rings. The van der Waals surface area contributed by atoms with Crippen molar-refractivity contribution in [2.45, 2.75) is 45.3 Å². The van der Waals surface area contributed by atoms with Gasteiger partial charge in [0.25, 0.3) is 0 Å². The lowest BCUT2D eigenvalue weighted by Gasteiger charge is -2.19. The van der Waals surface area contributed by atoms with Gasteiger partial charge < -0.3 is 16.2 Å². The highest BCUT2D eigenvalue weighted by atomic mass is 16.3. The number of aliphatic hydroxyl groups excluding tert-OH is 1. The van der Waals surface area contributed by atoms with Crippen LogP contribution in [0.1, 0.15) is 44.7 Å². The van der Waals surface area contributed by atoms with E-state index in [0.717, 1.165) is 24.1 Å². The maximum absolute atomic E-state index is 10.9. The van der Waals surface area contributed by atoms with Crippen LogP contribution >= 0.6 is 0 Å². The first-order valence-corrected chi connectivity index (χ1v) is 6.35. The van der Waals surface area contributed by atoms with Crippen LogP contribution in [0.5, 0.6) is 0 Å². The molecule has 0 aliphatic carbocycles. The number of carbonyl (C=O) groups is 1. The van der Waals surface area contributed by atoms with E-state index >= 15 is 0 Å². The SMILES string of the molecule is CCCC[C@H](O)[C@H](N)c1ccc(NC(C)=O)cc1. The lowest BCUT2D eigenvalue weighted by atomic mass is 9.98. The van der Waals surface area contributed by atoms with E-state index in [1.165, 1.54) is 6.92 Å². The van der Waals surface area contributed by atoms with Gasteiger partial charge in [0.05, 0.1) is 12.1 Å². The van der Waals surface area contributed by atoms with Gasteiger partial charge in [0.1, 0.15) is 0 Å². The van der Waals surface area contributed by atoms with Gasteiger partial charge in [0, 0.05) is 12.6 Å². The normalized spacial score (nSPS) is 14.0. The van der Waals surface area contributed by atoms with E-state index in [9.17, 15) is 9.90 Å². The van der Waals surface area contributed by atoms with Crippen LogP contribution in [0.15, 0.2) is 24.3 Å². The molecule has 1 rings (SSSR count). The average Bonchev–Trinajstić information content (AvgIpc) is 2.35. The van der Waals surface area contributed by atoms with Crippen LogP contribution in [0, 0.1) is 0 Å². The number of benzene rings is 1. The number of nitrogens with one attached hydrogen (secondary N) is 1. The third kappa shape index (κ3) is 4.47. The second kappa shape index (κ2) is 7.13. The Labute approximate surface area is 108 Å². The molecule has 4 N–H and O–H groups in total. The van der Waals surface area contributed by atoms with Crippen molar-refractivity contribution in [2.75, 3.05) is 5.32 Å². The summed E-state index contributed by atoms with van der Waals surface area (Å²) in [5.74, 6) is -0.102. The molecule has 1 aromatic rings. The molecule has 2 atom stereocenters. The van der Waals surface area contributed by atoms with Crippen LogP contribution in [0.25, 0.3) is 0 Å². The van der Waals surface area contributed by atoms with E-state index in [1.807, 2.05) is 12.1 Å². The van der Waals surface area contributed by atoms with Crippen molar-refractivity contribution >= 4 is 11.6 Å². The Hall–Kier alpha value is -1.39. The second-order valence-electron chi connectivity index (χ2n) is 4.54. The van der Waals surface area contributed by atoms with Crippen LogP contribution < -0.4 is 11.1 Å². The topological polar surface area (TPSA) is 75.3 Å². The van der Waals surface area contributed by atoms with Gasteiger partial charge in [-0.3, -0.25) is 4.79 Å². The Morgan fingerprint density at radius 3 is 2.50 bits per heavy atom. The predicted octanol–water partition coefficient (Wildman–Crippen LogP) is 2.20. The van der Waals surface area contributed by atoms with Gasteiger partial charge in [-0.05, 0) is 24.1 Å². The van der Waals surface area contributed by atoms with Crippen LogP contribution in [-0.2, 0) is 4.79 Å². The zero-order valence-corrected chi connectivity index (χ0v) is 11.0. The number of carbonyl (C=O) groups excluding carboxylic acids is 1. The number of hydrogen-bond donors (Lipinski definition) is 3. The Kier molecular flexibility index (Phi) is 5.82. The van der Waals surface area contributed by atoms with Crippen molar-refractivity contribution in [1.29, 1.82) is 0 Å². The molecule has 0 spiro atoms. The van der Waals surface area contributed by atoms with Gasteiger partial charge in [-0.2, -0.15) is 0 Å². The van der Waals surface area contributed by atoms with Gasteiger partial charge in [-0.1, -0.05) is 31.9 Å². The van der Waals surface area contributed by atoms with Crippen LogP contribution in [0.4, 0.5) is 5.69 Å². The Morgan fingerprint density at radius 1 is 1.39 bits per heavy atom. The Bertz CT molecular complexity index is 376. The highest BCUT2D eigenvalue weighted by molar-refractivity contribution is 5.88. The summed E-state index contributed by atoms with van der Waals surface area (Å²) >= 11 is 0. The minimum atomic E-state index is -0.517. The molecule has 18 heavy (non-hydrogen) atoms. The average molecular weight is 250 g/mol. The summed E-state index contributed by atoms with van der Waals surface area (Å²) in [5.41, 5.74) is 7.61. The van der Waals surface area contributed by atoms with Crippen molar-refractivity contribution in [3.63, 3.8) is 0 Å². The lowest BCUT2D eigenvalue weighted by molar-refractivity contribution is -0.114. The zero-order valence-electron chi connectivity index (χ0n) is 11.0. The summed E-state index contributed by atoms with van der Waals surface area (Å²) < 4.78 is 0. The number of amides is 1. The quantitative estimate of drug-likeness (QED) is 0.724. The molecule has 0 bridgehead atoms. The zero-order chi connectivity index (χ0) is 13.5. The second-order valence-corrected chi connectivity index (χ2v) is 4.54. The fourth-order valence-corrected chi connectivity index (χ4v) is 1.81. The number of aliphatic hydroxyl groups is 1. The van der Waals surface area contributed by atoms with Crippen LogP contribution in [0.2, 0.25) is 0 Å². The fourth-order valence-electron chi connectivity index (χ4n) is 1.81. The summed E-state index contributed by atoms with van der Waals surface area (Å²) in [7, 11) is 0. The van der Waals surface area contributed by atoms with Crippen molar-refractivity contribution in [1.82, 2.24) is 0 Å². The minimum absolute atomic E-state index is 0.102. The molecule has 0 saturated heterocycles. The number of hydrogen-bond acceptors (Lipinski definition) is 3. The molecule has 0 saturated carbocycles. The maximum atomic E-state index is 10.9. The molecule has 0 aliphatic rings. The first kappa shape index (κ1) is 14.7. The minimum Gasteiger partial charge on any atom is -0.391 e. The molecule has 4 heteroatoms. The largest absolute Gasteiger partial charge is 0.391 e. The summed E-state index contributed by atoms with van der Waals surface area (Å²) in [6.07, 6.45) is 2.21. The maximum Gasteiger partial charge on any atom is 0.221 e. The van der Waals surface area contributed by atoms with Crippen molar-refractivity contribution in [3.05, 3.63) is 29.8 Å². The van der Waals surface area contributed by atoms with Crippen LogP contribution in [-0.4, -0.2) is 17.1 Å². The Morgan fingerprint density at radius 2 is 2.00 bits per heavy atom.